The van der Waals surface area contributed by atoms with Gasteiger partial charge in [-0.05, 0) is 24.3 Å². The van der Waals surface area contributed by atoms with E-state index in [0.717, 1.165) is 5.69 Å². The van der Waals surface area contributed by atoms with Gasteiger partial charge in [-0.25, -0.2) is 8.42 Å². The number of alkyl halides is 2. The van der Waals surface area contributed by atoms with E-state index in [9.17, 15) is 17.2 Å². The Kier molecular flexibility index (Phi) is 4.56. The lowest BCUT2D eigenvalue weighted by molar-refractivity contribution is 0.0963. The zero-order valence-electron chi connectivity index (χ0n) is 10.7. The number of nitrogens with two attached hydrogens (primary N) is 1. The number of morpholine rings is 1. The first-order chi connectivity index (χ1) is 9.46. The maximum absolute atomic E-state index is 12.4. The molecule has 0 bridgehead atoms. The Hall–Kier alpha value is -1.25. The molecule has 20 heavy (non-hydrogen) atoms. The molecule has 0 aliphatic carbocycles. The number of anilines is 1. The predicted octanol–water partition coefficient (Wildman–Crippen LogP) is 0.847. The van der Waals surface area contributed by atoms with Crippen molar-refractivity contribution < 1.29 is 21.9 Å². The second-order valence-corrected chi connectivity index (χ2v) is 6.38. The van der Waals surface area contributed by atoms with Gasteiger partial charge in [0, 0.05) is 18.8 Å². The number of hydrogen-bond donors (Lipinski definition) is 1. The number of ether oxygens (including phenoxy) is 1. The van der Waals surface area contributed by atoms with E-state index in [1.54, 1.807) is 0 Å². The van der Waals surface area contributed by atoms with E-state index in [1.807, 2.05) is 4.90 Å². The Morgan fingerprint density at radius 1 is 1.35 bits per heavy atom. The third kappa shape index (κ3) is 2.92. The van der Waals surface area contributed by atoms with Gasteiger partial charge in [-0.3, -0.25) is 0 Å². The summed E-state index contributed by atoms with van der Waals surface area (Å²) in [5.74, 6) is -3.41. The van der Waals surface area contributed by atoms with Crippen LogP contribution in [0.2, 0.25) is 0 Å². The van der Waals surface area contributed by atoms with Gasteiger partial charge < -0.3 is 15.4 Å². The average molecular weight is 306 g/mol. The van der Waals surface area contributed by atoms with E-state index in [2.05, 4.69) is 0 Å². The first kappa shape index (κ1) is 15.1. The van der Waals surface area contributed by atoms with Crippen LogP contribution in [0.5, 0.6) is 0 Å². The lowest BCUT2D eigenvalue weighted by atomic mass is 10.2. The predicted molar refractivity (Wildman–Crippen MR) is 70.6 cm³/mol. The molecular formula is C12H16F2N2O3S. The molecule has 0 spiro atoms. The van der Waals surface area contributed by atoms with Crippen molar-refractivity contribution in [3.05, 3.63) is 24.3 Å². The Labute approximate surface area is 116 Å². The number of halogens is 2. The number of hydrogen-bond acceptors (Lipinski definition) is 5. The molecule has 1 aromatic rings. The summed E-state index contributed by atoms with van der Waals surface area (Å²) >= 11 is 0. The third-order valence-corrected chi connectivity index (χ3v) is 4.63. The molecule has 0 saturated carbocycles. The van der Waals surface area contributed by atoms with E-state index >= 15 is 0 Å². The van der Waals surface area contributed by atoms with Crippen molar-refractivity contribution in [1.29, 1.82) is 0 Å². The van der Waals surface area contributed by atoms with Crippen LogP contribution in [-0.2, 0) is 14.6 Å². The van der Waals surface area contributed by atoms with Crippen LogP contribution in [0.25, 0.3) is 0 Å². The Morgan fingerprint density at radius 3 is 2.55 bits per heavy atom. The van der Waals surface area contributed by atoms with E-state index in [-0.39, 0.29) is 10.9 Å². The van der Waals surface area contributed by atoms with Gasteiger partial charge in [0.15, 0.2) is 0 Å². The first-order valence-corrected chi connectivity index (χ1v) is 7.68. The molecule has 0 aromatic heterocycles. The molecule has 1 saturated heterocycles. The molecule has 0 amide bonds. The third-order valence-electron chi connectivity index (χ3n) is 3.23. The summed E-state index contributed by atoms with van der Waals surface area (Å²) < 4.78 is 52.9. The number of nitrogens with zero attached hydrogens (tertiary/aromatic N) is 1. The summed E-state index contributed by atoms with van der Waals surface area (Å²) in [5, 5.41) is 0. The van der Waals surface area contributed by atoms with Crippen molar-refractivity contribution in [3.63, 3.8) is 0 Å². The molecule has 8 heteroatoms. The van der Waals surface area contributed by atoms with E-state index in [4.69, 9.17) is 10.5 Å². The number of benzene rings is 1. The van der Waals surface area contributed by atoms with Crippen molar-refractivity contribution in [2.75, 3.05) is 31.2 Å². The molecule has 2 rings (SSSR count). The largest absolute Gasteiger partial charge is 0.377 e. The van der Waals surface area contributed by atoms with Crippen molar-refractivity contribution in [2.45, 2.75) is 16.7 Å². The second kappa shape index (κ2) is 6.02. The lowest BCUT2D eigenvalue weighted by Crippen LogP contribution is -2.49. The maximum atomic E-state index is 12.4. The molecule has 5 nitrogen and oxygen atoms in total. The molecule has 1 aliphatic rings. The van der Waals surface area contributed by atoms with Gasteiger partial charge >= 0.3 is 5.76 Å². The summed E-state index contributed by atoms with van der Waals surface area (Å²) in [6.45, 7) is 2.07. The number of rotatable bonds is 4. The molecule has 0 radical (unpaired) electrons. The summed E-state index contributed by atoms with van der Waals surface area (Å²) in [5.41, 5.74) is 6.40. The SMILES string of the molecule is NCC1COCCN1c1ccc(S(=O)(=O)C(F)F)cc1. The van der Waals surface area contributed by atoms with E-state index in [0.29, 0.717) is 26.3 Å². The van der Waals surface area contributed by atoms with Crippen molar-refractivity contribution in [2.24, 2.45) is 5.73 Å². The van der Waals surface area contributed by atoms with Gasteiger partial charge in [0.1, 0.15) is 0 Å². The van der Waals surface area contributed by atoms with Gasteiger partial charge in [-0.2, -0.15) is 8.78 Å². The van der Waals surface area contributed by atoms with Crippen LogP contribution in [-0.4, -0.2) is 46.5 Å². The highest BCUT2D eigenvalue weighted by Gasteiger charge is 2.27. The topological polar surface area (TPSA) is 72.6 Å². The fourth-order valence-corrected chi connectivity index (χ4v) is 2.84. The summed E-state index contributed by atoms with van der Waals surface area (Å²) in [6, 6.07) is 5.42. The first-order valence-electron chi connectivity index (χ1n) is 6.13. The highest BCUT2D eigenvalue weighted by atomic mass is 32.2. The smallest absolute Gasteiger partial charge is 0.341 e. The van der Waals surface area contributed by atoms with E-state index < -0.39 is 15.6 Å². The number of sulfone groups is 1. The van der Waals surface area contributed by atoms with Gasteiger partial charge in [0.2, 0.25) is 9.84 Å². The highest BCUT2D eigenvalue weighted by Crippen LogP contribution is 2.24. The highest BCUT2D eigenvalue weighted by molar-refractivity contribution is 7.91. The van der Waals surface area contributed by atoms with Gasteiger partial charge in [-0.15, -0.1) is 0 Å². The van der Waals surface area contributed by atoms with Crippen molar-refractivity contribution >= 4 is 15.5 Å². The second-order valence-electron chi connectivity index (χ2n) is 4.46. The van der Waals surface area contributed by atoms with Crippen LogP contribution in [0, 0.1) is 0 Å². The van der Waals surface area contributed by atoms with Gasteiger partial charge in [-0.1, -0.05) is 0 Å². The molecule has 1 aliphatic heterocycles. The van der Waals surface area contributed by atoms with Crippen LogP contribution < -0.4 is 10.6 Å². The quantitative estimate of drug-likeness (QED) is 0.893. The molecule has 2 N–H and O–H groups in total. The maximum Gasteiger partial charge on any atom is 0.341 e. The zero-order chi connectivity index (χ0) is 14.8. The van der Waals surface area contributed by atoms with Crippen LogP contribution in [0.1, 0.15) is 0 Å². The minimum absolute atomic E-state index is 0.00121. The molecular weight excluding hydrogens is 290 g/mol. The van der Waals surface area contributed by atoms with Gasteiger partial charge in [0.25, 0.3) is 0 Å². The summed E-state index contributed by atoms with van der Waals surface area (Å²) in [7, 11) is -4.54. The van der Waals surface area contributed by atoms with E-state index in [1.165, 1.54) is 24.3 Å². The Morgan fingerprint density at radius 2 is 2.00 bits per heavy atom. The van der Waals surface area contributed by atoms with Crippen LogP contribution >= 0.6 is 0 Å². The molecule has 1 fully saturated rings. The monoisotopic (exact) mass is 306 g/mol. The average Bonchev–Trinajstić information content (AvgIpc) is 2.47. The minimum Gasteiger partial charge on any atom is -0.377 e. The van der Waals surface area contributed by atoms with Gasteiger partial charge in [0.05, 0.1) is 24.2 Å². The molecule has 1 atom stereocenters. The zero-order valence-corrected chi connectivity index (χ0v) is 11.5. The van der Waals surface area contributed by atoms with Crippen molar-refractivity contribution in [1.82, 2.24) is 0 Å². The molecule has 1 unspecified atom stereocenters. The fraction of sp³-hybridized carbons (Fsp3) is 0.500. The Bertz CT molecular complexity index is 548. The fourth-order valence-electron chi connectivity index (χ4n) is 2.12. The Balaban J connectivity index is 2.24. The summed E-state index contributed by atoms with van der Waals surface area (Å²) in [6.07, 6.45) is 0. The molecule has 1 heterocycles. The van der Waals surface area contributed by atoms with Crippen molar-refractivity contribution in [3.8, 4) is 0 Å². The molecule has 1 aromatic carbocycles. The minimum atomic E-state index is -4.54. The van der Waals surface area contributed by atoms with Crippen LogP contribution in [0.4, 0.5) is 14.5 Å². The lowest BCUT2D eigenvalue weighted by Gasteiger charge is -2.36. The molecule has 112 valence electrons. The standard InChI is InChI=1S/C12H16F2N2O3S/c13-12(14)20(17,18)11-3-1-9(2-4-11)16-5-6-19-8-10(16)7-15/h1-4,10,12H,5-8,15H2. The van der Waals surface area contributed by atoms with Crippen LogP contribution in [0.3, 0.4) is 0 Å². The van der Waals surface area contributed by atoms with Crippen LogP contribution in [0.15, 0.2) is 29.2 Å². The normalized spacial score (nSPS) is 20.4. The summed E-state index contributed by atoms with van der Waals surface area (Å²) in [4.78, 5) is 1.61.